The maximum Gasteiger partial charge on any atom is 0.419 e. The van der Waals surface area contributed by atoms with Crippen LogP contribution in [0, 0.1) is 17.1 Å². The Bertz CT molecular complexity index is 746. The molecule has 2 rings (SSSR count). The van der Waals surface area contributed by atoms with E-state index in [9.17, 15) is 22.4 Å². The van der Waals surface area contributed by atoms with E-state index < -0.39 is 29.1 Å². The highest BCUT2D eigenvalue weighted by Gasteiger charge is 2.36. The minimum absolute atomic E-state index is 0.0131. The van der Waals surface area contributed by atoms with Gasteiger partial charge in [-0.05, 0) is 36.4 Å². The quantitative estimate of drug-likeness (QED) is 0.480. The number of nitriles is 1. The van der Waals surface area contributed by atoms with Crippen molar-refractivity contribution in [1.82, 2.24) is 0 Å². The second-order valence-electron chi connectivity index (χ2n) is 4.19. The Hall–Kier alpha value is -2.88. The highest BCUT2D eigenvalue weighted by Crippen LogP contribution is 2.32. The van der Waals surface area contributed by atoms with E-state index >= 15 is 0 Å². The third-order valence-electron chi connectivity index (χ3n) is 2.72. The molecule has 22 heavy (non-hydrogen) atoms. The summed E-state index contributed by atoms with van der Waals surface area (Å²) < 4.78 is 56.3. The van der Waals surface area contributed by atoms with Gasteiger partial charge < -0.3 is 4.74 Å². The summed E-state index contributed by atoms with van der Waals surface area (Å²) in [7, 11) is 0. The Labute approximate surface area is 122 Å². The number of benzene rings is 2. The molecule has 0 spiro atoms. The van der Waals surface area contributed by atoms with Crippen molar-refractivity contribution >= 4 is 5.97 Å². The van der Waals surface area contributed by atoms with Gasteiger partial charge in [-0.1, -0.05) is 6.07 Å². The van der Waals surface area contributed by atoms with Crippen LogP contribution >= 0.6 is 0 Å². The van der Waals surface area contributed by atoms with E-state index in [0.717, 1.165) is 12.1 Å². The number of ether oxygens (including phenoxy) is 1. The molecular weight excluding hydrogens is 302 g/mol. The van der Waals surface area contributed by atoms with Crippen LogP contribution < -0.4 is 4.74 Å². The Kier molecular flexibility index (Phi) is 4.13. The lowest BCUT2D eigenvalue weighted by molar-refractivity contribution is -0.140. The molecule has 2 aromatic carbocycles. The van der Waals surface area contributed by atoms with Crippen molar-refractivity contribution < 1.29 is 27.1 Å². The molecule has 0 aliphatic rings. The molecule has 0 unspecified atom stereocenters. The fourth-order valence-corrected chi connectivity index (χ4v) is 1.67. The lowest BCUT2D eigenvalue weighted by atomic mass is 10.1. The zero-order chi connectivity index (χ0) is 16.3. The van der Waals surface area contributed by atoms with Gasteiger partial charge in [-0.15, -0.1) is 0 Å². The van der Waals surface area contributed by atoms with Gasteiger partial charge in [0, 0.05) is 0 Å². The Morgan fingerprint density at radius 2 is 1.73 bits per heavy atom. The van der Waals surface area contributed by atoms with Gasteiger partial charge in [-0.3, -0.25) is 0 Å². The molecule has 0 bridgehead atoms. The van der Waals surface area contributed by atoms with Gasteiger partial charge in [-0.25, -0.2) is 9.18 Å². The van der Waals surface area contributed by atoms with Gasteiger partial charge in [0.2, 0.25) is 0 Å². The van der Waals surface area contributed by atoms with Crippen LogP contribution in [0.5, 0.6) is 5.75 Å². The molecule has 0 amide bonds. The van der Waals surface area contributed by atoms with Crippen LogP contribution in [0.25, 0.3) is 0 Å². The summed E-state index contributed by atoms with van der Waals surface area (Å²) in [5.41, 5.74) is -2.05. The fraction of sp³-hybridized carbons (Fsp3) is 0.0667. The van der Waals surface area contributed by atoms with E-state index in [2.05, 4.69) is 0 Å². The van der Waals surface area contributed by atoms with E-state index in [1.807, 2.05) is 6.07 Å². The van der Waals surface area contributed by atoms with Gasteiger partial charge in [0.05, 0.1) is 22.8 Å². The number of rotatable bonds is 2. The normalized spacial score (nSPS) is 10.9. The van der Waals surface area contributed by atoms with E-state index in [1.165, 1.54) is 24.3 Å². The van der Waals surface area contributed by atoms with Gasteiger partial charge in [0.1, 0.15) is 11.6 Å². The fourth-order valence-electron chi connectivity index (χ4n) is 1.67. The zero-order valence-corrected chi connectivity index (χ0v) is 10.8. The number of hydrogen-bond donors (Lipinski definition) is 0. The van der Waals surface area contributed by atoms with Crippen molar-refractivity contribution in [2.45, 2.75) is 6.18 Å². The standard InChI is InChI=1S/C15H7F4NO2/c16-13-11(2-1-3-12(13)15(17,18)19)14(21)22-10-6-4-9(8-20)5-7-10/h1-7H. The molecule has 2 aromatic rings. The first kappa shape index (κ1) is 15.5. The maximum absolute atomic E-state index is 13.8. The van der Waals surface area contributed by atoms with Crippen molar-refractivity contribution in [2.75, 3.05) is 0 Å². The number of hydrogen-bond acceptors (Lipinski definition) is 3. The predicted molar refractivity (Wildman–Crippen MR) is 67.5 cm³/mol. The lowest BCUT2D eigenvalue weighted by Crippen LogP contribution is -2.15. The number of alkyl halides is 3. The van der Waals surface area contributed by atoms with Crippen LogP contribution in [0.4, 0.5) is 17.6 Å². The number of carbonyl (C=O) groups excluding carboxylic acids is 1. The smallest absolute Gasteiger partial charge is 0.419 e. The van der Waals surface area contributed by atoms with E-state index in [1.54, 1.807) is 0 Å². The molecule has 112 valence electrons. The minimum Gasteiger partial charge on any atom is -0.423 e. The monoisotopic (exact) mass is 309 g/mol. The molecule has 0 radical (unpaired) electrons. The summed E-state index contributed by atoms with van der Waals surface area (Å²) in [4.78, 5) is 11.8. The molecule has 7 heteroatoms. The molecule has 0 atom stereocenters. The minimum atomic E-state index is -4.91. The van der Waals surface area contributed by atoms with E-state index in [-0.39, 0.29) is 5.75 Å². The second-order valence-corrected chi connectivity index (χ2v) is 4.19. The highest BCUT2D eigenvalue weighted by molar-refractivity contribution is 5.91. The Balaban J connectivity index is 2.28. The first-order valence-corrected chi connectivity index (χ1v) is 5.91. The van der Waals surface area contributed by atoms with Crippen molar-refractivity contribution in [3.05, 3.63) is 65.0 Å². The molecule has 0 saturated carbocycles. The van der Waals surface area contributed by atoms with Crippen LogP contribution in [-0.2, 0) is 6.18 Å². The van der Waals surface area contributed by atoms with Crippen LogP contribution in [0.1, 0.15) is 21.5 Å². The molecular formula is C15H7F4NO2. The average Bonchev–Trinajstić information content (AvgIpc) is 2.47. The Morgan fingerprint density at radius 1 is 1.09 bits per heavy atom. The van der Waals surface area contributed by atoms with Crippen LogP contribution in [0.15, 0.2) is 42.5 Å². The summed E-state index contributed by atoms with van der Waals surface area (Å²) in [5.74, 6) is -2.96. The van der Waals surface area contributed by atoms with Gasteiger partial charge in [0.15, 0.2) is 0 Å². The van der Waals surface area contributed by atoms with Crippen molar-refractivity contribution in [2.24, 2.45) is 0 Å². The molecule has 0 N–H and O–H groups in total. The molecule has 0 aliphatic heterocycles. The topological polar surface area (TPSA) is 50.1 Å². The Morgan fingerprint density at radius 3 is 2.27 bits per heavy atom. The maximum atomic E-state index is 13.8. The first-order chi connectivity index (χ1) is 10.3. The van der Waals surface area contributed by atoms with Gasteiger partial charge in [-0.2, -0.15) is 18.4 Å². The lowest BCUT2D eigenvalue weighted by Gasteiger charge is -2.10. The SMILES string of the molecule is N#Cc1ccc(OC(=O)c2cccc(C(F)(F)F)c2F)cc1. The van der Waals surface area contributed by atoms with Gasteiger partial charge >= 0.3 is 12.1 Å². The van der Waals surface area contributed by atoms with Crippen molar-refractivity contribution in [3.8, 4) is 11.8 Å². The van der Waals surface area contributed by atoms with Crippen LogP contribution in [0.2, 0.25) is 0 Å². The third-order valence-corrected chi connectivity index (χ3v) is 2.72. The number of esters is 1. The van der Waals surface area contributed by atoms with Gasteiger partial charge in [0.25, 0.3) is 0 Å². The molecule has 0 heterocycles. The van der Waals surface area contributed by atoms with Crippen molar-refractivity contribution in [1.29, 1.82) is 5.26 Å². The first-order valence-electron chi connectivity index (χ1n) is 5.91. The number of nitrogens with zero attached hydrogens (tertiary/aromatic N) is 1. The molecule has 0 fully saturated rings. The molecule has 3 nitrogen and oxygen atoms in total. The van der Waals surface area contributed by atoms with Crippen LogP contribution in [-0.4, -0.2) is 5.97 Å². The molecule has 0 saturated heterocycles. The summed E-state index contributed by atoms with van der Waals surface area (Å²) in [5, 5.41) is 8.62. The molecule has 0 aromatic heterocycles. The summed E-state index contributed by atoms with van der Waals surface area (Å²) in [6.07, 6.45) is -4.91. The zero-order valence-electron chi connectivity index (χ0n) is 10.8. The number of carbonyl (C=O) groups is 1. The van der Waals surface area contributed by atoms with Crippen LogP contribution in [0.3, 0.4) is 0 Å². The van der Waals surface area contributed by atoms with E-state index in [4.69, 9.17) is 10.00 Å². The number of halogens is 4. The largest absolute Gasteiger partial charge is 0.423 e. The summed E-state index contributed by atoms with van der Waals surface area (Å²) in [6.45, 7) is 0. The predicted octanol–water partition coefficient (Wildman–Crippen LogP) is 3.94. The van der Waals surface area contributed by atoms with Crippen molar-refractivity contribution in [3.63, 3.8) is 0 Å². The highest BCUT2D eigenvalue weighted by atomic mass is 19.4. The third kappa shape index (κ3) is 3.23. The summed E-state index contributed by atoms with van der Waals surface area (Å²) in [6, 6.07) is 9.46. The second kappa shape index (κ2) is 5.85. The average molecular weight is 309 g/mol. The summed E-state index contributed by atoms with van der Waals surface area (Å²) >= 11 is 0. The van der Waals surface area contributed by atoms with E-state index in [0.29, 0.717) is 11.6 Å². The molecule has 0 aliphatic carbocycles.